The molecule has 0 aliphatic carbocycles. The minimum atomic E-state index is -0.944. The monoisotopic (exact) mass is 473 g/mol. The Labute approximate surface area is 204 Å². The summed E-state index contributed by atoms with van der Waals surface area (Å²) in [4.78, 5) is 27.9. The van der Waals surface area contributed by atoms with Crippen molar-refractivity contribution in [1.82, 2.24) is 0 Å². The molecule has 0 aromatic heterocycles. The average molecular weight is 474 g/mol. The van der Waals surface area contributed by atoms with Crippen molar-refractivity contribution in [1.29, 1.82) is 0 Å². The molecule has 1 saturated heterocycles. The summed E-state index contributed by atoms with van der Waals surface area (Å²) in [5.41, 5.74) is 2.80. The van der Waals surface area contributed by atoms with Crippen molar-refractivity contribution in [3.8, 4) is 5.75 Å². The van der Waals surface area contributed by atoms with Gasteiger partial charge in [-0.2, -0.15) is 0 Å². The van der Waals surface area contributed by atoms with Gasteiger partial charge in [-0.25, -0.2) is 4.39 Å². The minimum absolute atomic E-state index is 0.0430. The molecule has 1 aliphatic rings. The predicted octanol–water partition coefficient (Wildman–Crippen LogP) is 6.07. The number of methoxy groups -OCH3 is 1. The highest BCUT2D eigenvalue weighted by atomic mass is 19.1. The van der Waals surface area contributed by atoms with Gasteiger partial charge in [0.15, 0.2) is 0 Å². The molecule has 180 valence electrons. The summed E-state index contributed by atoms with van der Waals surface area (Å²) >= 11 is 0. The fourth-order valence-corrected chi connectivity index (χ4v) is 4.32. The number of hydrogen-bond acceptors (Lipinski definition) is 4. The molecule has 1 unspecified atom stereocenters. The average Bonchev–Trinajstić information content (AvgIpc) is 3.08. The number of aliphatic hydroxyl groups is 1. The third-order valence-corrected chi connectivity index (χ3v) is 6.32. The van der Waals surface area contributed by atoms with Gasteiger partial charge in [0.25, 0.3) is 11.7 Å². The van der Waals surface area contributed by atoms with Crippen LogP contribution >= 0.6 is 0 Å². The maximum atomic E-state index is 14.1. The molecule has 6 heteroatoms. The normalized spacial score (nSPS) is 17.7. The number of carbonyl (C=O) groups is 2. The lowest BCUT2D eigenvalue weighted by Gasteiger charge is -2.26. The van der Waals surface area contributed by atoms with Crippen LogP contribution in [0.2, 0.25) is 0 Å². The lowest BCUT2D eigenvalue weighted by molar-refractivity contribution is -0.132. The van der Waals surface area contributed by atoms with Crippen LogP contribution in [0.25, 0.3) is 5.76 Å². The van der Waals surface area contributed by atoms with Crippen LogP contribution in [0.3, 0.4) is 0 Å². The number of halogens is 1. The van der Waals surface area contributed by atoms with Crippen LogP contribution in [-0.4, -0.2) is 23.9 Å². The summed E-state index contributed by atoms with van der Waals surface area (Å²) in [7, 11) is 1.54. The fraction of sp³-hybridized carbons (Fsp3) is 0.241. The largest absolute Gasteiger partial charge is 0.507 e. The van der Waals surface area contributed by atoms with Gasteiger partial charge in [-0.15, -0.1) is 0 Å². The maximum absolute atomic E-state index is 14.1. The highest BCUT2D eigenvalue weighted by Crippen LogP contribution is 2.43. The van der Waals surface area contributed by atoms with E-state index in [0.29, 0.717) is 16.9 Å². The van der Waals surface area contributed by atoms with Gasteiger partial charge in [0.05, 0.1) is 18.7 Å². The van der Waals surface area contributed by atoms with Gasteiger partial charge < -0.3 is 9.84 Å². The fourth-order valence-electron chi connectivity index (χ4n) is 4.32. The molecule has 5 nitrogen and oxygen atoms in total. The molecule has 3 aromatic rings. The molecular formula is C29H28FNO4. The smallest absolute Gasteiger partial charge is 0.300 e. The number of ketones is 1. The minimum Gasteiger partial charge on any atom is -0.507 e. The Balaban J connectivity index is 1.97. The second kappa shape index (κ2) is 9.02. The van der Waals surface area contributed by atoms with E-state index >= 15 is 0 Å². The standard InChI is InChI=1S/C29H28FNO4/c1-17-9-12-19(29(2,3)4)15-23(17)26(32)24-25(18-10-13-22(35-5)14-11-18)31(28(34)27(24)33)21-8-6-7-20(30)16-21/h6-16,25,32H,1-5H3/b26-24+. The number of amides is 1. The highest BCUT2D eigenvalue weighted by Gasteiger charge is 2.47. The van der Waals surface area contributed by atoms with E-state index < -0.39 is 23.5 Å². The first-order valence-electron chi connectivity index (χ1n) is 11.3. The van der Waals surface area contributed by atoms with E-state index in [2.05, 4.69) is 20.8 Å². The molecule has 0 saturated carbocycles. The van der Waals surface area contributed by atoms with E-state index in [1.807, 2.05) is 25.1 Å². The van der Waals surface area contributed by atoms with Crippen molar-refractivity contribution in [3.05, 3.63) is 100 Å². The second-order valence-corrected chi connectivity index (χ2v) is 9.70. The van der Waals surface area contributed by atoms with Gasteiger partial charge in [0, 0.05) is 11.3 Å². The number of anilines is 1. The maximum Gasteiger partial charge on any atom is 0.300 e. The number of hydrogen-bond donors (Lipinski definition) is 1. The van der Waals surface area contributed by atoms with Crippen LogP contribution in [0.15, 0.2) is 72.3 Å². The zero-order chi connectivity index (χ0) is 25.5. The van der Waals surface area contributed by atoms with E-state index in [0.717, 1.165) is 11.1 Å². The molecule has 1 amide bonds. The topological polar surface area (TPSA) is 66.8 Å². The molecule has 1 fully saturated rings. The lowest BCUT2D eigenvalue weighted by Crippen LogP contribution is -2.29. The van der Waals surface area contributed by atoms with Crippen molar-refractivity contribution >= 4 is 23.1 Å². The molecule has 3 aromatic carbocycles. The second-order valence-electron chi connectivity index (χ2n) is 9.70. The molecule has 1 N–H and O–H groups in total. The highest BCUT2D eigenvalue weighted by molar-refractivity contribution is 6.51. The van der Waals surface area contributed by atoms with Gasteiger partial charge >= 0.3 is 0 Å². The van der Waals surface area contributed by atoms with Crippen LogP contribution in [0.4, 0.5) is 10.1 Å². The molecule has 1 aliphatic heterocycles. The Hall–Kier alpha value is -3.93. The van der Waals surface area contributed by atoms with Gasteiger partial charge in [-0.1, -0.05) is 51.1 Å². The van der Waals surface area contributed by atoms with Gasteiger partial charge in [0.2, 0.25) is 0 Å². The summed E-state index contributed by atoms with van der Waals surface area (Å²) in [6.45, 7) is 8.01. The number of Topliss-reactive ketones (excluding diaryl/α,β-unsaturated/α-hetero) is 1. The lowest BCUT2D eigenvalue weighted by atomic mass is 9.84. The van der Waals surface area contributed by atoms with Crippen molar-refractivity contribution in [3.63, 3.8) is 0 Å². The number of benzene rings is 3. The number of aryl methyl sites for hydroxylation is 1. The van der Waals surface area contributed by atoms with Crippen molar-refractivity contribution in [2.45, 2.75) is 39.2 Å². The van der Waals surface area contributed by atoms with E-state index in [1.54, 1.807) is 37.4 Å². The third kappa shape index (κ3) is 4.44. The Morgan fingerprint density at radius 3 is 2.29 bits per heavy atom. The zero-order valence-electron chi connectivity index (χ0n) is 20.4. The molecule has 4 rings (SSSR count). The van der Waals surface area contributed by atoms with Gasteiger partial charge in [-0.05, 0) is 65.4 Å². The first-order chi connectivity index (χ1) is 16.5. The van der Waals surface area contributed by atoms with E-state index in [1.165, 1.54) is 23.1 Å². The Kier molecular flexibility index (Phi) is 6.24. The van der Waals surface area contributed by atoms with Crippen molar-refractivity contribution in [2.24, 2.45) is 0 Å². The number of carbonyl (C=O) groups excluding carboxylic acids is 2. The SMILES string of the molecule is COc1ccc(C2/C(=C(\O)c3cc(C(C)(C)C)ccc3C)C(=O)C(=O)N2c2cccc(F)c2)cc1. The summed E-state index contributed by atoms with van der Waals surface area (Å²) in [5, 5.41) is 11.5. The third-order valence-electron chi connectivity index (χ3n) is 6.32. The van der Waals surface area contributed by atoms with Crippen LogP contribution < -0.4 is 9.64 Å². The summed E-state index contributed by atoms with van der Waals surface area (Å²) in [6, 6.07) is 17.2. The summed E-state index contributed by atoms with van der Waals surface area (Å²) < 4.78 is 19.3. The molecular weight excluding hydrogens is 445 g/mol. The van der Waals surface area contributed by atoms with E-state index in [4.69, 9.17) is 4.74 Å². The zero-order valence-corrected chi connectivity index (χ0v) is 20.4. The van der Waals surface area contributed by atoms with E-state index in [-0.39, 0.29) is 22.4 Å². The summed E-state index contributed by atoms with van der Waals surface area (Å²) in [6.07, 6.45) is 0. The van der Waals surface area contributed by atoms with Gasteiger partial charge in [-0.3, -0.25) is 14.5 Å². The first kappa shape index (κ1) is 24.2. The van der Waals surface area contributed by atoms with Crippen LogP contribution in [-0.2, 0) is 15.0 Å². The van der Waals surface area contributed by atoms with Crippen LogP contribution in [0, 0.1) is 12.7 Å². The first-order valence-corrected chi connectivity index (χ1v) is 11.3. The Morgan fingerprint density at radius 1 is 1.00 bits per heavy atom. The number of rotatable bonds is 4. The summed E-state index contributed by atoms with van der Waals surface area (Å²) in [5.74, 6) is -1.85. The van der Waals surface area contributed by atoms with E-state index in [9.17, 15) is 19.1 Å². The van der Waals surface area contributed by atoms with Crippen LogP contribution in [0.1, 0.15) is 49.1 Å². The Bertz CT molecular complexity index is 1340. The quantitative estimate of drug-likeness (QED) is 0.284. The molecule has 1 heterocycles. The molecule has 35 heavy (non-hydrogen) atoms. The van der Waals surface area contributed by atoms with Crippen molar-refractivity contribution < 1.29 is 23.8 Å². The molecule has 0 bridgehead atoms. The Morgan fingerprint density at radius 2 is 1.69 bits per heavy atom. The van der Waals surface area contributed by atoms with Crippen molar-refractivity contribution in [2.75, 3.05) is 12.0 Å². The molecule has 0 spiro atoms. The predicted molar refractivity (Wildman–Crippen MR) is 134 cm³/mol. The number of nitrogens with zero attached hydrogens (tertiary/aromatic N) is 1. The molecule has 0 radical (unpaired) electrons. The van der Waals surface area contributed by atoms with Crippen LogP contribution in [0.5, 0.6) is 5.75 Å². The van der Waals surface area contributed by atoms with Gasteiger partial charge in [0.1, 0.15) is 17.3 Å². The molecule has 1 atom stereocenters. The number of aliphatic hydroxyl groups excluding tert-OH is 1. The number of ether oxygens (including phenoxy) is 1.